The number of nitrogens with zero attached hydrogens (tertiary/aromatic N) is 2. The number of aliphatic imine (C=N–C) groups is 1. The van der Waals surface area contributed by atoms with Crippen molar-refractivity contribution in [1.82, 2.24) is 4.90 Å². The number of rotatable bonds is 10. The Hall–Kier alpha value is -3.66. The first kappa shape index (κ1) is 33.3. The quantitative estimate of drug-likeness (QED) is 0.201. The Labute approximate surface area is 226 Å². The molecule has 0 atom stereocenters. The molecule has 2 aromatic carbocycles. The van der Waals surface area contributed by atoms with Crippen molar-refractivity contribution in [3.63, 3.8) is 0 Å². The van der Waals surface area contributed by atoms with E-state index in [2.05, 4.69) is 138 Å². The van der Waals surface area contributed by atoms with Crippen molar-refractivity contribution in [2.24, 2.45) is 10.7 Å². The van der Waals surface area contributed by atoms with Crippen LogP contribution < -0.4 is 5.73 Å². The molecule has 0 aliphatic carbocycles. The van der Waals surface area contributed by atoms with Crippen molar-refractivity contribution in [2.75, 3.05) is 7.05 Å². The standard InChI is InChI=1S/C29H36N2.C3H8.CH3NO/c1-7-13-25(14-8-2)26-17-11-15-23(19-26)21-29(31(6)28(9-3)10-4)22-24-16-12-18-27(20-24)30-5;1-3-2;2-1-3/h7,9,11-20,22H,5,8,10,21H2,1-4,6H3;3H2,1-2H3;1H,(H2,2,3)/b13-7-,25-14+,28-9-,29-22-;;. The van der Waals surface area contributed by atoms with Gasteiger partial charge in [0.2, 0.25) is 6.41 Å². The third kappa shape index (κ3) is 12.7. The van der Waals surface area contributed by atoms with E-state index < -0.39 is 0 Å². The van der Waals surface area contributed by atoms with E-state index in [0.29, 0.717) is 0 Å². The average Bonchev–Trinajstić information content (AvgIpc) is 2.90. The summed E-state index contributed by atoms with van der Waals surface area (Å²) in [5, 5.41) is 0. The van der Waals surface area contributed by atoms with Crippen molar-refractivity contribution < 1.29 is 4.79 Å². The third-order valence-electron chi connectivity index (χ3n) is 5.36. The number of amides is 1. The molecule has 0 heterocycles. The minimum atomic E-state index is 0.250. The maximum absolute atomic E-state index is 8.58. The predicted octanol–water partition coefficient (Wildman–Crippen LogP) is 8.74. The summed E-state index contributed by atoms with van der Waals surface area (Å²) in [5.74, 6) is 0. The maximum atomic E-state index is 8.58. The zero-order valence-electron chi connectivity index (χ0n) is 24.0. The molecule has 37 heavy (non-hydrogen) atoms. The molecular formula is C33H47N3O. The fourth-order valence-corrected chi connectivity index (χ4v) is 3.74. The van der Waals surface area contributed by atoms with Gasteiger partial charge in [-0.15, -0.1) is 0 Å². The molecule has 0 aliphatic heterocycles. The fourth-order valence-electron chi connectivity index (χ4n) is 3.74. The Kier molecular flexibility index (Phi) is 18.5. The average molecular weight is 502 g/mol. The molecule has 200 valence electrons. The Morgan fingerprint density at radius 1 is 1.03 bits per heavy atom. The topological polar surface area (TPSA) is 58.7 Å². The van der Waals surface area contributed by atoms with Crippen LogP contribution in [0.15, 0.2) is 89.2 Å². The minimum absolute atomic E-state index is 0.250. The summed E-state index contributed by atoms with van der Waals surface area (Å²) in [7, 11) is 2.16. The summed E-state index contributed by atoms with van der Waals surface area (Å²) in [5.41, 5.74) is 12.6. The monoisotopic (exact) mass is 501 g/mol. The lowest BCUT2D eigenvalue weighted by atomic mass is 9.98. The van der Waals surface area contributed by atoms with Crippen molar-refractivity contribution >= 4 is 30.5 Å². The first-order chi connectivity index (χ1) is 17.9. The number of hydrogen-bond acceptors (Lipinski definition) is 3. The molecule has 0 saturated heterocycles. The Morgan fingerprint density at radius 3 is 2.22 bits per heavy atom. The Bertz CT molecular complexity index is 1060. The van der Waals surface area contributed by atoms with E-state index in [0.717, 1.165) is 30.5 Å². The molecule has 0 aliphatic rings. The first-order valence-electron chi connectivity index (χ1n) is 13.1. The minimum Gasteiger partial charge on any atom is -0.372 e. The predicted molar refractivity (Wildman–Crippen MR) is 165 cm³/mol. The number of carbonyl (C=O) groups excluding carboxylic acids is 1. The smallest absolute Gasteiger partial charge is 0.204 e. The van der Waals surface area contributed by atoms with Gasteiger partial charge in [0, 0.05) is 24.9 Å². The molecule has 0 unspecified atom stereocenters. The molecule has 0 saturated carbocycles. The second kappa shape index (κ2) is 20.5. The highest BCUT2D eigenvalue weighted by Crippen LogP contribution is 2.25. The molecule has 0 aromatic heterocycles. The van der Waals surface area contributed by atoms with Crippen molar-refractivity contribution in [3.8, 4) is 0 Å². The van der Waals surface area contributed by atoms with Crippen LogP contribution in [-0.4, -0.2) is 25.1 Å². The lowest BCUT2D eigenvalue weighted by molar-refractivity contribution is -0.106. The lowest BCUT2D eigenvalue weighted by Gasteiger charge is -2.26. The van der Waals surface area contributed by atoms with Crippen LogP contribution in [-0.2, 0) is 11.2 Å². The number of hydrogen-bond donors (Lipinski definition) is 1. The van der Waals surface area contributed by atoms with Gasteiger partial charge in [-0.25, -0.2) is 0 Å². The fraction of sp³-hybridized carbons (Fsp3) is 0.333. The van der Waals surface area contributed by atoms with E-state index in [1.54, 1.807) is 0 Å². The number of primary amides is 1. The zero-order chi connectivity index (χ0) is 28.1. The van der Waals surface area contributed by atoms with Crippen LogP contribution >= 0.6 is 0 Å². The van der Waals surface area contributed by atoms with E-state index >= 15 is 0 Å². The molecule has 2 aromatic rings. The van der Waals surface area contributed by atoms with Gasteiger partial charge in [0.25, 0.3) is 0 Å². The Morgan fingerprint density at radius 2 is 1.68 bits per heavy atom. The van der Waals surface area contributed by atoms with Gasteiger partial charge in [0.05, 0.1) is 5.69 Å². The summed E-state index contributed by atoms with van der Waals surface area (Å²) in [6.07, 6.45) is 15.4. The van der Waals surface area contributed by atoms with Crippen LogP contribution in [0.5, 0.6) is 0 Å². The molecule has 4 nitrogen and oxygen atoms in total. The molecule has 2 rings (SSSR count). The summed E-state index contributed by atoms with van der Waals surface area (Å²) in [6.45, 7) is 16.5. The van der Waals surface area contributed by atoms with Gasteiger partial charge in [-0.1, -0.05) is 94.8 Å². The van der Waals surface area contributed by atoms with Crippen LogP contribution in [0, 0.1) is 0 Å². The van der Waals surface area contributed by atoms with Gasteiger partial charge in [0.1, 0.15) is 0 Å². The lowest BCUT2D eigenvalue weighted by Crippen LogP contribution is -2.18. The number of carbonyl (C=O) groups is 1. The van der Waals surface area contributed by atoms with Gasteiger partial charge in [0.15, 0.2) is 0 Å². The van der Waals surface area contributed by atoms with Crippen molar-refractivity contribution in [2.45, 2.75) is 67.2 Å². The number of nitrogens with two attached hydrogens (primary N) is 1. The van der Waals surface area contributed by atoms with Crippen LogP contribution in [0.25, 0.3) is 11.6 Å². The largest absolute Gasteiger partial charge is 0.372 e. The maximum Gasteiger partial charge on any atom is 0.204 e. The van der Waals surface area contributed by atoms with Gasteiger partial charge in [-0.2, -0.15) is 0 Å². The van der Waals surface area contributed by atoms with Crippen molar-refractivity contribution in [3.05, 3.63) is 101 Å². The van der Waals surface area contributed by atoms with E-state index in [-0.39, 0.29) is 6.41 Å². The molecule has 1 amide bonds. The van der Waals surface area contributed by atoms with Crippen LogP contribution in [0.2, 0.25) is 0 Å². The molecule has 0 spiro atoms. The normalized spacial score (nSPS) is 11.7. The van der Waals surface area contributed by atoms with Crippen molar-refractivity contribution in [1.29, 1.82) is 0 Å². The SMILES string of the molecule is C=Nc1cccc(/C=C(/Cc2cccc(C(/C=C\C)=C/CC)c2)N(C)/C(=C\C)CC)c1.CCC.NC=O. The highest BCUT2D eigenvalue weighted by Gasteiger charge is 2.11. The zero-order valence-corrected chi connectivity index (χ0v) is 24.0. The summed E-state index contributed by atoms with van der Waals surface area (Å²) in [4.78, 5) is 15.0. The molecular weight excluding hydrogens is 454 g/mol. The molecule has 4 heteroatoms. The van der Waals surface area contributed by atoms with Gasteiger partial charge >= 0.3 is 0 Å². The third-order valence-corrected chi connectivity index (χ3v) is 5.36. The molecule has 2 N–H and O–H groups in total. The van der Waals surface area contributed by atoms with E-state index in [1.807, 2.05) is 12.1 Å². The number of benzene rings is 2. The second-order valence-corrected chi connectivity index (χ2v) is 8.37. The summed E-state index contributed by atoms with van der Waals surface area (Å²) >= 11 is 0. The molecule has 0 radical (unpaired) electrons. The summed E-state index contributed by atoms with van der Waals surface area (Å²) < 4.78 is 0. The van der Waals surface area contributed by atoms with Crippen LogP contribution in [0.3, 0.4) is 0 Å². The van der Waals surface area contributed by atoms with Crippen LogP contribution in [0.1, 0.15) is 77.5 Å². The molecule has 0 bridgehead atoms. The van der Waals surface area contributed by atoms with E-state index in [1.165, 1.54) is 34.5 Å². The Balaban J connectivity index is 0.00000196. The number of likely N-dealkylation sites (N-methyl/N-ethyl adjacent to an activating group) is 1. The highest BCUT2D eigenvalue weighted by atomic mass is 16.1. The second-order valence-electron chi connectivity index (χ2n) is 8.37. The summed E-state index contributed by atoms with van der Waals surface area (Å²) in [6, 6.07) is 17.1. The van der Waals surface area contributed by atoms with Gasteiger partial charge < -0.3 is 10.6 Å². The number of allylic oxidation sites excluding steroid dienone is 7. The molecule has 0 fully saturated rings. The van der Waals surface area contributed by atoms with E-state index in [4.69, 9.17) is 4.79 Å². The van der Waals surface area contributed by atoms with Gasteiger partial charge in [-0.05, 0) is 73.9 Å². The first-order valence-corrected chi connectivity index (χ1v) is 13.1. The van der Waals surface area contributed by atoms with Gasteiger partial charge in [-0.3, -0.25) is 9.79 Å². The van der Waals surface area contributed by atoms with Crippen LogP contribution in [0.4, 0.5) is 5.69 Å². The highest BCUT2D eigenvalue weighted by molar-refractivity contribution is 5.74. The van der Waals surface area contributed by atoms with E-state index in [9.17, 15) is 0 Å².